The molecule has 89 heavy (non-hydrogen) atoms. The third-order valence-electron chi connectivity index (χ3n) is 17.9. The predicted molar refractivity (Wildman–Crippen MR) is 372 cm³/mol. The maximum atomic E-state index is 7.42. The summed E-state index contributed by atoms with van der Waals surface area (Å²) in [6.45, 7) is 53.0. The fourth-order valence-corrected chi connectivity index (χ4v) is 12.9. The molecule has 16 bridgehead atoms. The zero-order valence-electron chi connectivity index (χ0n) is 58.7. The Morgan fingerprint density at radius 3 is 0.652 bits per heavy atom. The summed E-state index contributed by atoms with van der Waals surface area (Å²) < 4.78 is 43.1. The van der Waals surface area contributed by atoms with E-state index in [9.17, 15) is 0 Å². The van der Waals surface area contributed by atoms with Crippen LogP contribution in [0, 0.1) is 0 Å². The number of rotatable bonds is 8. The van der Waals surface area contributed by atoms with E-state index in [4.69, 9.17) is 34.2 Å². The smallest absolute Gasteiger partial charge is 0.126 e. The van der Waals surface area contributed by atoms with Crippen molar-refractivity contribution < 1.29 is 28.4 Å². The highest BCUT2D eigenvalue weighted by Gasteiger charge is 2.32. The first-order valence-corrected chi connectivity index (χ1v) is 33.2. The highest BCUT2D eigenvalue weighted by molar-refractivity contribution is 5.62. The number of ether oxygens (including phenoxy) is 6. The number of fused-ring (bicyclic) bond motifs is 10. The number of hydrogen-bond acceptors (Lipinski definition) is 7. The molecular weight excluding hydrogens is 1090 g/mol. The second kappa shape index (κ2) is 25.4. The summed E-state index contributed by atoms with van der Waals surface area (Å²) >= 11 is 0. The second-order valence-electron chi connectivity index (χ2n) is 31.7. The number of anilines is 1. The fourth-order valence-electron chi connectivity index (χ4n) is 12.9. The number of benzene rings is 7. The summed E-state index contributed by atoms with van der Waals surface area (Å²) in [7, 11) is 0. The minimum atomic E-state index is -0.202. The van der Waals surface area contributed by atoms with Crippen LogP contribution in [0.5, 0.6) is 34.5 Å². The molecule has 1 aliphatic carbocycles. The zero-order valence-corrected chi connectivity index (χ0v) is 58.7. The summed E-state index contributed by atoms with van der Waals surface area (Å²) in [5, 5.41) is 0. The van der Waals surface area contributed by atoms with Crippen LogP contribution in [0.2, 0.25) is 0 Å². The largest absolute Gasteiger partial charge is 0.493 e. The van der Waals surface area contributed by atoms with Gasteiger partial charge in [0.2, 0.25) is 0 Å². The topological polar surface area (TPSA) is 81.4 Å². The summed E-state index contributed by atoms with van der Waals surface area (Å²) in [5.41, 5.74) is 29.3. The molecule has 7 aromatic rings. The van der Waals surface area contributed by atoms with Crippen LogP contribution in [0.25, 0.3) is 0 Å². The second-order valence-corrected chi connectivity index (χ2v) is 31.7. The molecule has 0 radical (unpaired) electrons. The van der Waals surface area contributed by atoms with Crippen LogP contribution in [0.4, 0.5) is 5.69 Å². The van der Waals surface area contributed by atoms with Crippen molar-refractivity contribution in [2.24, 2.45) is 0 Å². The summed E-state index contributed by atoms with van der Waals surface area (Å²) in [6.07, 6.45) is 3.52. The van der Waals surface area contributed by atoms with Crippen molar-refractivity contribution in [1.82, 2.24) is 0 Å². The molecule has 1 aliphatic heterocycles. The lowest BCUT2D eigenvalue weighted by Gasteiger charge is -2.29. The molecule has 9 rings (SSSR count). The first-order valence-electron chi connectivity index (χ1n) is 33.2. The molecule has 1 heterocycles. The molecule has 2 N–H and O–H groups in total. The maximum Gasteiger partial charge on any atom is 0.126 e. The number of nitrogen functional groups attached to an aromatic ring is 1. The van der Waals surface area contributed by atoms with Gasteiger partial charge in [0.1, 0.15) is 47.7 Å². The monoisotopic (exact) mass is 1200 g/mol. The maximum absolute atomic E-state index is 7.42. The molecular formula is C82H107NO6. The minimum absolute atomic E-state index is 0.177. The average Bonchev–Trinajstić information content (AvgIpc) is 1.45. The van der Waals surface area contributed by atoms with Gasteiger partial charge in [0.25, 0.3) is 0 Å². The van der Waals surface area contributed by atoms with Crippen LogP contribution in [0.1, 0.15) is 264 Å². The Labute approximate surface area is 536 Å². The summed E-state index contributed by atoms with van der Waals surface area (Å²) in [5.74, 6) is 5.41. The standard InChI is InChI=1S/C82H107NO6/c1-23-84-71-52-30-53-37-65(78(8,9)10)39-55(72(53)85-24-2)32-57-41-67(80(14,15)16)43-59(74(57)87-26-4)34-61-45-69(82(20,21)22)47-63-35-62-46-68(81(17,18)19)44-60(75(62)88-48-50-27-51(29-70(83)28-50)49-89-76(61)63)33-58-42-66(79(11,12)13)40-56(73(58)86-25-3)31-54(71)38-64(36-52)77(5,6)7/h27-29,36-47H,23-26,30-35,48-49,83H2,1-22H3. The Hall–Kier alpha value is -6.86. The molecule has 476 valence electrons. The van der Waals surface area contributed by atoms with E-state index >= 15 is 0 Å². The van der Waals surface area contributed by atoms with E-state index in [-0.39, 0.29) is 32.5 Å². The van der Waals surface area contributed by atoms with E-state index in [0.717, 1.165) is 112 Å². The summed E-state index contributed by atoms with van der Waals surface area (Å²) in [4.78, 5) is 0. The number of nitrogens with two attached hydrogens (primary N) is 1. The fraction of sp³-hybridized carbons (Fsp3) is 0.488. The molecule has 0 atom stereocenters. The molecule has 0 amide bonds. The Kier molecular flexibility index (Phi) is 19.0. The molecule has 2 aliphatic rings. The van der Waals surface area contributed by atoms with Crippen molar-refractivity contribution in [2.75, 3.05) is 32.2 Å². The van der Waals surface area contributed by atoms with E-state index < -0.39 is 0 Å². The van der Waals surface area contributed by atoms with Crippen LogP contribution in [0.3, 0.4) is 0 Å². The van der Waals surface area contributed by atoms with Gasteiger partial charge in [-0.1, -0.05) is 197 Å². The van der Waals surface area contributed by atoms with Crippen LogP contribution >= 0.6 is 0 Å². The molecule has 7 aromatic carbocycles. The molecule has 0 aromatic heterocycles. The van der Waals surface area contributed by atoms with Crippen molar-refractivity contribution in [3.05, 3.63) is 202 Å². The molecule has 0 fully saturated rings. The van der Waals surface area contributed by atoms with Crippen molar-refractivity contribution in [1.29, 1.82) is 0 Å². The van der Waals surface area contributed by atoms with Gasteiger partial charge in [-0.05, 0) is 190 Å². The highest BCUT2D eigenvalue weighted by Crippen LogP contribution is 2.47. The van der Waals surface area contributed by atoms with Gasteiger partial charge in [-0.2, -0.15) is 0 Å². The highest BCUT2D eigenvalue weighted by atomic mass is 16.5. The van der Waals surface area contributed by atoms with Crippen LogP contribution in [0.15, 0.2) is 91.0 Å². The van der Waals surface area contributed by atoms with Crippen molar-refractivity contribution in [3.8, 4) is 34.5 Å². The van der Waals surface area contributed by atoms with Gasteiger partial charge in [0.05, 0.1) is 26.4 Å². The predicted octanol–water partition coefficient (Wildman–Crippen LogP) is 20.0. The quantitative estimate of drug-likeness (QED) is 0.152. The lowest BCUT2D eigenvalue weighted by Crippen LogP contribution is -2.18. The van der Waals surface area contributed by atoms with Crippen molar-refractivity contribution in [3.63, 3.8) is 0 Å². The van der Waals surface area contributed by atoms with E-state index in [1.54, 1.807) is 0 Å². The van der Waals surface area contributed by atoms with Crippen LogP contribution in [-0.4, -0.2) is 26.4 Å². The Bertz CT molecular complexity index is 3500. The Morgan fingerprint density at radius 2 is 0.461 bits per heavy atom. The first kappa shape index (κ1) is 66.6. The lowest BCUT2D eigenvalue weighted by molar-refractivity contribution is 0.290. The molecule has 0 saturated heterocycles. The van der Waals surface area contributed by atoms with Gasteiger partial charge in [-0.3, -0.25) is 0 Å². The van der Waals surface area contributed by atoms with Gasteiger partial charge in [0, 0.05) is 44.2 Å². The Balaban J connectivity index is 1.47. The van der Waals surface area contributed by atoms with Crippen molar-refractivity contribution in [2.45, 2.75) is 237 Å². The van der Waals surface area contributed by atoms with Gasteiger partial charge in [-0.25, -0.2) is 0 Å². The third-order valence-corrected chi connectivity index (χ3v) is 17.9. The van der Waals surface area contributed by atoms with E-state index in [1.807, 2.05) is 12.1 Å². The van der Waals surface area contributed by atoms with Crippen LogP contribution in [-0.2, 0) is 84.2 Å². The van der Waals surface area contributed by atoms with Gasteiger partial charge < -0.3 is 34.2 Å². The van der Waals surface area contributed by atoms with E-state index in [0.29, 0.717) is 83.9 Å². The van der Waals surface area contributed by atoms with Gasteiger partial charge >= 0.3 is 0 Å². The van der Waals surface area contributed by atoms with E-state index in [1.165, 1.54) is 33.4 Å². The lowest BCUT2D eigenvalue weighted by atomic mass is 9.79. The normalized spacial score (nSPS) is 14.2. The van der Waals surface area contributed by atoms with Gasteiger partial charge in [-0.15, -0.1) is 0 Å². The molecule has 7 nitrogen and oxygen atoms in total. The zero-order chi connectivity index (χ0) is 64.9. The minimum Gasteiger partial charge on any atom is -0.493 e. The summed E-state index contributed by atoms with van der Waals surface area (Å²) in [6, 6.07) is 35.2. The van der Waals surface area contributed by atoms with Crippen molar-refractivity contribution >= 4 is 5.69 Å². The molecule has 7 heteroatoms. The van der Waals surface area contributed by atoms with Crippen LogP contribution < -0.4 is 34.2 Å². The van der Waals surface area contributed by atoms with Gasteiger partial charge in [0.15, 0.2) is 0 Å². The average molecular weight is 1200 g/mol. The number of hydrogen-bond donors (Lipinski definition) is 1. The SMILES string of the molecule is CCOc1c2cc(C(C)(C)C)cc1Cc1cc(C(C)(C)C)cc(c1OCC)Cc1cc(C(C)(C)C)cc3c1OCc1cc(N)cc(c1)COc1c(cc(C(C)(C)C)cc1C3)Cc1cc(C(C)(C)C)cc(c1OCC)Cc1cc(C(C)(C)C)cc(c1OCC)C2. The molecule has 0 unspecified atom stereocenters. The first-order chi connectivity index (χ1) is 41.6. The van der Waals surface area contributed by atoms with E-state index in [2.05, 4.69) is 231 Å². The molecule has 0 saturated carbocycles. The Morgan fingerprint density at radius 1 is 0.281 bits per heavy atom. The molecule has 0 spiro atoms. The third kappa shape index (κ3) is 15.2.